The number of hydrogen-bond donors (Lipinski definition) is 2. The zero-order chi connectivity index (χ0) is 17.0. The van der Waals surface area contributed by atoms with Crippen LogP contribution in [0.1, 0.15) is 43.2 Å². The maximum absolute atomic E-state index is 12.6. The first-order valence-corrected chi connectivity index (χ1v) is 8.76. The summed E-state index contributed by atoms with van der Waals surface area (Å²) in [7, 11) is 0. The van der Waals surface area contributed by atoms with Crippen LogP contribution in [0.3, 0.4) is 0 Å². The van der Waals surface area contributed by atoms with Gasteiger partial charge in [-0.1, -0.05) is 26.0 Å². The lowest BCUT2D eigenvalue weighted by Crippen LogP contribution is -2.52. The van der Waals surface area contributed by atoms with Crippen LogP contribution in [0.15, 0.2) is 29.6 Å². The summed E-state index contributed by atoms with van der Waals surface area (Å²) in [6.07, 6.45) is 0.848. The first kappa shape index (κ1) is 23.9. The monoisotopic (exact) mass is 403 g/mol. The molecule has 0 saturated carbocycles. The highest BCUT2D eigenvalue weighted by Crippen LogP contribution is 2.24. The standard InChI is InChI=1S/C18H25N3OS.2ClH/c1-12(2)9-18(4,11-19)21-16(22)14-6-5-7-15(8-14)17-20-13(3)10-23-17;;/h5-8,10,12H,9,11,19H2,1-4H3,(H,21,22);2*1H. The van der Waals surface area contributed by atoms with Crippen molar-refractivity contribution in [1.82, 2.24) is 10.3 Å². The van der Waals surface area contributed by atoms with Crippen molar-refractivity contribution < 1.29 is 4.79 Å². The molecule has 3 N–H and O–H groups in total. The molecule has 1 heterocycles. The molecule has 1 atom stereocenters. The topological polar surface area (TPSA) is 68.0 Å². The largest absolute Gasteiger partial charge is 0.346 e. The number of nitrogens with zero attached hydrogens (tertiary/aromatic N) is 1. The summed E-state index contributed by atoms with van der Waals surface area (Å²) in [6, 6.07) is 7.58. The highest BCUT2D eigenvalue weighted by atomic mass is 35.5. The molecule has 1 aromatic carbocycles. The number of carbonyl (C=O) groups is 1. The van der Waals surface area contributed by atoms with Gasteiger partial charge >= 0.3 is 0 Å². The van der Waals surface area contributed by atoms with Gasteiger partial charge < -0.3 is 11.1 Å². The van der Waals surface area contributed by atoms with E-state index in [4.69, 9.17) is 5.73 Å². The lowest BCUT2D eigenvalue weighted by Gasteiger charge is -2.31. The van der Waals surface area contributed by atoms with Crippen LogP contribution in [0.5, 0.6) is 0 Å². The number of hydrogen-bond acceptors (Lipinski definition) is 4. The highest BCUT2D eigenvalue weighted by Gasteiger charge is 2.26. The van der Waals surface area contributed by atoms with Crippen molar-refractivity contribution in [3.8, 4) is 10.6 Å². The van der Waals surface area contributed by atoms with Gasteiger partial charge in [0.2, 0.25) is 0 Å². The minimum absolute atomic E-state index is 0. The third kappa shape index (κ3) is 6.59. The Labute approximate surface area is 166 Å². The average molecular weight is 404 g/mol. The maximum atomic E-state index is 12.6. The molecule has 7 heteroatoms. The molecule has 1 unspecified atom stereocenters. The normalized spacial score (nSPS) is 12.7. The second-order valence-corrected chi connectivity index (χ2v) is 7.55. The maximum Gasteiger partial charge on any atom is 0.251 e. The van der Waals surface area contributed by atoms with E-state index in [0.29, 0.717) is 18.0 Å². The van der Waals surface area contributed by atoms with Gasteiger partial charge in [-0.15, -0.1) is 36.2 Å². The number of nitrogens with two attached hydrogens (primary N) is 1. The summed E-state index contributed by atoms with van der Waals surface area (Å²) >= 11 is 1.59. The van der Waals surface area contributed by atoms with Gasteiger partial charge in [-0.3, -0.25) is 4.79 Å². The number of aromatic nitrogens is 1. The third-order valence-corrected chi connectivity index (χ3v) is 4.72. The van der Waals surface area contributed by atoms with Crippen molar-refractivity contribution in [3.63, 3.8) is 0 Å². The van der Waals surface area contributed by atoms with E-state index in [9.17, 15) is 4.79 Å². The molecule has 0 aliphatic heterocycles. The number of benzene rings is 1. The Hall–Kier alpha value is -1.14. The molecule has 140 valence electrons. The van der Waals surface area contributed by atoms with Gasteiger partial charge in [-0.25, -0.2) is 4.98 Å². The average Bonchev–Trinajstić information content (AvgIpc) is 2.93. The number of nitrogens with one attached hydrogen (secondary N) is 1. The Kier molecular flexibility index (Phi) is 9.66. The second kappa shape index (κ2) is 10.1. The van der Waals surface area contributed by atoms with Gasteiger partial charge in [-0.05, 0) is 38.3 Å². The second-order valence-electron chi connectivity index (χ2n) is 6.69. The minimum atomic E-state index is -0.390. The summed E-state index contributed by atoms with van der Waals surface area (Å²) in [6.45, 7) is 8.65. The fraction of sp³-hybridized carbons (Fsp3) is 0.444. The number of amides is 1. The highest BCUT2D eigenvalue weighted by molar-refractivity contribution is 7.13. The lowest BCUT2D eigenvalue weighted by atomic mass is 9.90. The first-order valence-electron chi connectivity index (χ1n) is 7.88. The molecule has 0 aliphatic rings. The van der Waals surface area contributed by atoms with Crippen LogP contribution in [0.2, 0.25) is 0 Å². The van der Waals surface area contributed by atoms with E-state index in [-0.39, 0.29) is 36.3 Å². The van der Waals surface area contributed by atoms with Crippen molar-refractivity contribution in [1.29, 1.82) is 0 Å². The molecule has 0 spiro atoms. The van der Waals surface area contributed by atoms with Crippen LogP contribution in [0.25, 0.3) is 10.6 Å². The van der Waals surface area contributed by atoms with E-state index in [1.54, 1.807) is 11.3 Å². The fourth-order valence-electron chi connectivity index (χ4n) is 2.71. The fourth-order valence-corrected chi connectivity index (χ4v) is 3.51. The zero-order valence-electron chi connectivity index (χ0n) is 15.0. The molecule has 0 bridgehead atoms. The summed E-state index contributed by atoms with van der Waals surface area (Å²) in [5, 5.41) is 6.04. The van der Waals surface area contributed by atoms with Gasteiger partial charge in [0, 0.05) is 34.3 Å². The molecule has 2 aromatic rings. The molecule has 0 fully saturated rings. The molecule has 25 heavy (non-hydrogen) atoms. The van der Waals surface area contributed by atoms with Gasteiger partial charge in [0.1, 0.15) is 5.01 Å². The van der Waals surface area contributed by atoms with Crippen molar-refractivity contribution in [2.45, 2.75) is 39.7 Å². The number of rotatable bonds is 6. The molecular weight excluding hydrogens is 377 g/mol. The summed E-state index contributed by atoms with van der Waals surface area (Å²) in [4.78, 5) is 17.1. The Morgan fingerprint density at radius 3 is 2.56 bits per heavy atom. The van der Waals surface area contributed by atoms with Crippen LogP contribution in [-0.2, 0) is 0 Å². The summed E-state index contributed by atoms with van der Waals surface area (Å²) in [5.74, 6) is 0.377. The van der Waals surface area contributed by atoms with E-state index in [0.717, 1.165) is 22.7 Å². The summed E-state index contributed by atoms with van der Waals surface area (Å²) < 4.78 is 0. The number of aryl methyl sites for hydroxylation is 1. The number of halogens is 2. The van der Waals surface area contributed by atoms with Gasteiger partial charge in [0.25, 0.3) is 5.91 Å². The Balaban J connectivity index is 0.00000288. The molecule has 1 amide bonds. The van der Waals surface area contributed by atoms with Crippen LogP contribution in [0, 0.1) is 12.8 Å². The predicted molar refractivity (Wildman–Crippen MR) is 111 cm³/mol. The van der Waals surface area contributed by atoms with E-state index in [2.05, 4.69) is 24.1 Å². The van der Waals surface area contributed by atoms with Gasteiger partial charge in [0.05, 0.1) is 0 Å². The molecule has 4 nitrogen and oxygen atoms in total. The van der Waals surface area contributed by atoms with Crippen molar-refractivity contribution in [2.75, 3.05) is 6.54 Å². The van der Waals surface area contributed by atoms with Gasteiger partial charge in [-0.2, -0.15) is 0 Å². The molecule has 1 aromatic heterocycles. The molecule has 2 rings (SSSR count). The molecular formula is C18H27Cl2N3OS. The smallest absolute Gasteiger partial charge is 0.251 e. The first-order chi connectivity index (χ1) is 10.8. The third-order valence-electron chi connectivity index (χ3n) is 3.72. The van der Waals surface area contributed by atoms with Crippen LogP contribution in [0.4, 0.5) is 0 Å². The van der Waals surface area contributed by atoms with E-state index in [1.165, 1.54) is 0 Å². The SMILES string of the molecule is Cc1csc(-c2cccc(C(=O)NC(C)(CN)CC(C)C)c2)n1.Cl.Cl. The Morgan fingerprint density at radius 1 is 1.36 bits per heavy atom. The predicted octanol–water partition coefficient (Wildman–Crippen LogP) is 4.46. The Morgan fingerprint density at radius 2 is 2.04 bits per heavy atom. The molecule has 0 aliphatic carbocycles. The van der Waals surface area contributed by atoms with Crippen LogP contribution in [-0.4, -0.2) is 23.0 Å². The Bertz CT molecular complexity index is 690. The minimum Gasteiger partial charge on any atom is -0.346 e. The van der Waals surface area contributed by atoms with Crippen LogP contribution >= 0.6 is 36.2 Å². The van der Waals surface area contributed by atoms with Gasteiger partial charge in [0.15, 0.2) is 0 Å². The molecule has 0 radical (unpaired) electrons. The van der Waals surface area contributed by atoms with Crippen LogP contribution < -0.4 is 11.1 Å². The number of thiazole rings is 1. The molecule has 0 saturated heterocycles. The quantitative estimate of drug-likeness (QED) is 0.747. The van der Waals surface area contributed by atoms with Crippen molar-refractivity contribution >= 4 is 42.1 Å². The van der Waals surface area contributed by atoms with E-state index >= 15 is 0 Å². The number of carbonyl (C=O) groups excluding carboxylic acids is 1. The zero-order valence-corrected chi connectivity index (χ0v) is 17.5. The van der Waals surface area contributed by atoms with E-state index < -0.39 is 0 Å². The van der Waals surface area contributed by atoms with Crippen molar-refractivity contribution in [3.05, 3.63) is 40.9 Å². The summed E-state index contributed by atoms with van der Waals surface area (Å²) in [5.41, 5.74) is 8.09. The van der Waals surface area contributed by atoms with E-state index in [1.807, 2.05) is 43.5 Å². The van der Waals surface area contributed by atoms with Crippen molar-refractivity contribution in [2.24, 2.45) is 11.7 Å². The lowest BCUT2D eigenvalue weighted by molar-refractivity contribution is 0.0898.